The molecule has 20 heavy (non-hydrogen) atoms. The van der Waals surface area contributed by atoms with Gasteiger partial charge in [0.15, 0.2) is 9.04 Å². The van der Waals surface area contributed by atoms with Gasteiger partial charge in [0, 0.05) is 0 Å². The fraction of sp³-hybridized carbons (Fsp3) is 0.846. The molecule has 7 heteroatoms. The molecule has 120 valence electrons. The fourth-order valence-corrected chi connectivity index (χ4v) is 9.27. The molecule has 0 N–H and O–H groups in total. The van der Waals surface area contributed by atoms with Crippen LogP contribution in [0.3, 0.4) is 0 Å². The van der Waals surface area contributed by atoms with Crippen LogP contribution in [-0.2, 0) is 12.3 Å². The number of hydrogen-bond donors (Lipinski definition) is 0. The summed E-state index contributed by atoms with van der Waals surface area (Å²) in [5, 5.41) is 0. The minimum Gasteiger partial charge on any atom is -0.449 e. The van der Waals surface area contributed by atoms with Crippen LogP contribution in [0.5, 0.6) is 0 Å². The lowest BCUT2D eigenvalue weighted by molar-refractivity contribution is 0.424. The van der Waals surface area contributed by atoms with Gasteiger partial charge in [0.25, 0.3) is 20.0 Å². The lowest BCUT2D eigenvalue weighted by atomic mass is 10.1. The van der Waals surface area contributed by atoms with Crippen LogP contribution in [0, 0.1) is 0 Å². The molecule has 0 heterocycles. The Bertz CT molecular complexity index is 220. The topological polar surface area (TPSA) is 27.7 Å². The Morgan fingerprint density at radius 3 is 2.55 bits per heavy atom. The summed E-state index contributed by atoms with van der Waals surface area (Å²) in [6.45, 7) is 8.49. The van der Waals surface area contributed by atoms with E-state index < -0.39 is 29.1 Å². The first-order chi connectivity index (χ1) is 9.76. The van der Waals surface area contributed by atoms with Crippen molar-refractivity contribution in [2.75, 3.05) is 0 Å². The van der Waals surface area contributed by atoms with E-state index in [1.165, 1.54) is 44.9 Å². The molecule has 0 aromatic rings. The summed E-state index contributed by atoms with van der Waals surface area (Å²) in [6, 6.07) is 0. The van der Waals surface area contributed by atoms with Crippen LogP contribution in [0.15, 0.2) is 12.7 Å². The molecule has 3 nitrogen and oxygen atoms in total. The third-order valence-corrected chi connectivity index (χ3v) is 10.5. The van der Waals surface area contributed by atoms with Gasteiger partial charge in [-0.1, -0.05) is 57.9 Å². The van der Waals surface area contributed by atoms with Gasteiger partial charge in [0.2, 0.25) is 0 Å². The highest BCUT2D eigenvalue weighted by Crippen LogP contribution is 2.24. The Kier molecular flexibility index (Phi) is 16.3. The molecule has 0 radical (unpaired) electrons. The predicted molar refractivity (Wildman–Crippen MR) is 99.9 cm³/mol. The van der Waals surface area contributed by atoms with E-state index in [1.807, 2.05) is 0 Å². The van der Waals surface area contributed by atoms with Gasteiger partial charge in [-0.05, 0) is 18.5 Å². The van der Waals surface area contributed by atoms with Crippen LogP contribution < -0.4 is 0 Å². The van der Waals surface area contributed by atoms with Crippen LogP contribution in [0.25, 0.3) is 0 Å². The molecule has 0 saturated heterocycles. The molecule has 0 aromatic heterocycles. The van der Waals surface area contributed by atoms with E-state index >= 15 is 0 Å². The lowest BCUT2D eigenvalue weighted by Crippen LogP contribution is -2.25. The van der Waals surface area contributed by atoms with Crippen molar-refractivity contribution in [2.24, 2.45) is 0 Å². The quantitative estimate of drug-likeness (QED) is 0.254. The average Bonchev–Trinajstić information content (AvgIpc) is 2.46. The smallest absolute Gasteiger partial charge is 0.284 e. The Labute approximate surface area is 135 Å². The third kappa shape index (κ3) is 12.2. The van der Waals surface area contributed by atoms with Gasteiger partial charge in [-0.15, -0.1) is 6.58 Å². The lowest BCUT2D eigenvalue weighted by Gasteiger charge is -2.22. The summed E-state index contributed by atoms with van der Waals surface area (Å²) < 4.78 is 16.7. The molecule has 0 saturated carbocycles. The molecule has 0 aliphatic rings. The number of hydrogen-bond acceptors (Lipinski definition) is 3. The molecular formula is C13H34O3Si4. The summed E-state index contributed by atoms with van der Waals surface area (Å²) in [5.41, 5.74) is 0.744. The molecule has 0 aliphatic carbocycles. The van der Waals surface area contributed by atoms with E-state index in [4.69, 9.17) is 12.3 Å². The van der Waals surface area contributed by atoms with Gasteiger partial charge >= 0.3 is 0 Å². The maximum Gasteiger partial charge on any atom is 0.284 e. The zero-order chi connectivity index (χ0) is 15.1. The first-order valence-electron chi connectivity index (χ1n) is 8.05. The Morgan fingerprint density at radius 1 is 1.20 bits per heavy atom. The van der Waals surface area contributed by atoms with Crippen LogP contribution in [0.1, 0.15) is 58.3 Å². The van der Waals surface area contributed by atoms with Crippen molar-refractivity contribution in [2.45, 2.75) is 70.4 Å². The summed E-state index contributed by atoms with van der Waals surface area (Å²) in [6.07, 6.45) is 12.7. The fourth-order valence-electron chi connectivity index (χ4n) is 2.35. The molecule has 0 spiro atoms. The molecule has 0 bridgehead atoms. The van der Waals surface area contributed by atoms with Crippen molar-refractivity contribution in [3.05, 3.63) is 12.7 Å². The van der Waals surface area contributed by atoms with Crippen molar-refractivity contribution in [1.29, 1.82) is 0 Å². The van der Waals surface area contributed by atoms with E-state index in [-0.39, 0.29) is 0 Å². The zero-order valence-electron chi connectivity index (χ0n) is 13.7. The summed E-state index contributed by atoms with van der Waals surface area (Å²) in [5.74, 6) is 0. The van der Waals surface area contributed by atoms with E-state index in [1.54, 1.807) is 0 Å². The molecule has 0 aliphatic heterocycles. The second kappa shape index (κ2) is 15.9. The van der Waals surface area contributed by atoms with Gasteiger partial charge in [-0.2, -0.15) is 0 Å². The van der Waals surface area contributed by atoms with Gasteiger partial charge in [0.1, 0.15) is 10.5 Å². The highest BCUT2D eigenvalue weighted by Gasteiger charge is 2.18. The van der Waals surface area contributed by atoms with E-state index in [9.17, 15) is 0 Å². The van der Waals surface area contributed by atoms with E-state index in [2.05, 4.69) is 26.1 Å². The average molecular weight is 351 g/mol. The van der Waals surface area contributed by atoms with Gasteiger partial charge in [0.05, 0.1) is 0 Å². The minimum absolute atomic E-state index is 0.685. The van der Waals surface area contributed by atoms with Gasteiger partial charge in [-0.25, -0.2) is 0 Å². The minimum atomic E-state index is -1.10. The first-order valence-corrected chi connectivity index (χ1v) is 13.5. The number of rotatable bonds is 15. The molecular weight excluding hydrogens is 316 g/mol. The highest BCUT2D eigenvalue weighted by atomic mass is 28.4. The SMILES string of the molecule is C=CCC(CCCCCCCC)[SiH](C)O[SiH2]O[SiH2]O[SiH3]. The number of unbranched alkanes of at least 4 members (excludes halogenated alkanes) is 5. The van der Waals surface area contributed by atoms with E-state index in [0.29, 0.717) is 0 Å². The van der Waals surface area contributed by atoms with Gasteiger partial charge < -0.3 is 12.3 Å². The Balaban J connectivity index is 3.74. The molecule has 0 fully saturated rings. The van der Waals surface area contributed by atoms with Crippen LogP contribution in [0.4, 0.5) is 0 Å². The van der Waals surface area contributed by atoms with Gasteiger partial charge in [-0.3, -0.25) is 0 Å². The summed E-state index contributed by atoms with van der Waals surface area (Å²) >= 11 is 0. The second-order valence-electron chi connectivity index (χ2n) is 5.44. The number of allylic oxidation sites excluding steroid dienone is 1. The monoisotopic (exact) mass is 350 g/mol. The second-order valence-corrected chi connectivity index (χ2v) is 13.5. The zero-order valence-corrected chi connectivity index (χ0v) is 19.7. The van der Waals surface area contributed by atoms with E-state index in [0.717, 1.165) is 22.4 Å². The predicted octanol–water partition coefficient (Wildman–Crippen LogP) is 1.36. The maximum atomic E-state index is 6.03. The summed E-state index contributed by atoms with van der Waals surface area (Å²) in [4.78, 5) is 0. The van der Waals surface area contributed by atoms with Crippen molar-refractivity contribution >= 4 is 39.5 Å². The van der Waals surface area contributed by atoms with Crippen LogP contribution in [-0.4, -0.2) is 39.5 Å². The molecule has 0 amide bonds. The maximum absolute atomic E-state index is 6.03. The normalized spacial score (nSPS) is 15.5. The molecule has 0 rings (SSSR count). The molecule has 2 unspecified atom stereocenters. The standard InChI is InChI=1S/C13H34O3Si4/c1-4-6-7-8-9-10-12-13(11-5-2)20(3)16-19-15-18-14-17/h5,13,20H,2,4,6-12,18-19H2,1,3,17H3. The molecule has 0 aromatic carbocycles. The largest absolute Gasteiger partial charge is 0.449 e. The summed E-state index contributed by atoms with van der Waals surface area (Å²) in [7, 11) is -1.74. The Morgan fingerprint density at radius 2 is 1.90 bits per heavy atom. The van der Waals surface area contributed by atoms with Crippen molar-refractivity contribution < 1.29 is 12.3 Å². The highest BCUT2D eigenvalue weighted by molar-refractivity contribution is 6.58. The molecule has 2 atom stereocenters. The first kappa shape index (κ1) is 20.5. The van der Waals surface area contributed by atoms with Crippen LogP contribution >= 0.6 is 0 Å². The van der Waals surface area contributed by atoms with Crippen LogP contribution in [0.2, 0.25) is 12.1 Å². The van der Waals surface area contributed by atoms with Crippen molar-refractivity contribution in [3.8, 4) is 0 Å². The Hall–Kier alpha value is 0.488. The van der Waals surface area contributed by atoms with Crippen molar-refractivity contribution in [3.63, 3.8) is 0 Å². The third-order valence-electron chi connectivity index (χ3n) is 3.68. The van der Waals surface area contributed by atoms with Crippen molar-refractivity contribution in [1.82, 2.24) is 0 Å².